The van der Waals surface area contributed by atoms with Gasteiger partial charge in [0.05, 0.1) is 6.10 Å². The van der Waals surface area contributed by atoms with Gasteiger partial charge in [-0.05, 0) is 24.1 Å². The summed E-state index contributed by atoms with van der Waals surface area (Å²) in [5.41, 5.74) is 0.775. The van der Waals surface area contributed by atoms with Gasteiger partial charge in [-0.3, -0.25) is 0 Å². The van der Waals surface area contributed by atoms with Crippen molar-refractivity contribution in [2.24, 2.45) is 0 Å². The molecule has 1 atom stereocenters. The van der Waals surface area contributed by atoms with E-state index in [0.717, 1.165) is 10.0 Å². The van der Waals surface area contributed by atoms with Gasteiger partial charge in [-0.1, -0.05) is 28.1 Å². The zero-order chi connectivity index (χ0) is 11.3. The summed E-state index contributed by atoms with van der Waals surface area (Å²) in [5, 5.41) is 20.3. The standard InChI is InChI=1S/C10H12BrNO3/c11-8-3-1-2-7(6-8)9(13)4-5-12-10(14)15/h1-3,6,9,12-13H,4-5H2,(H,14,15). The van der Waals surface area contributed by atoms with Crippen LogP contribution in [0.5, 0.6) is 0 Å². The van der Waals surface area contributed by atoms with E-state index >= 15 is 0 Å². The largest absolute Gasteiger partial charge is 0.465 e. The third kappa shape index (κ3) is 4.31. The molecular formula is C10H12BrNO3. The third-order valence-corrected chi connectivity index (χ3v) is 2.42. The summed E-state index contributed by atoms with van der Waals surface area (Å²) in [6.07, 6.45) is -1.35. The molecule has 0 fully saturated rings. The monoisotopic (exact) mass is 273 g/mol. The van der Waals surface area contributed by atoms with E-state index in [1.165, 1.54) is 0 Å². The van der Waals surface area contributed by atoms with Crippen molar-refractivity contribution in [1.29, 1.82) is 0 Å². The molecule has 0 aliphatic rings. The van der Waals surface area contributed by atoms with E-state index in [-0.39, 0.29) is 6.54 Å². The molecule has 0 heterocycles. The summed E-state index contributed by atoms with van der Waals surface area (Å²) in [7, 11) is 0. The molecule has 0 radical (unpaired) electrons. The average Bonchev–Trinajstić information content (AvgIpc) is 2.17. The number of hydrogen-bond acceptors (Lipinski definition) is 2. The van der Waals surface area contributed by atoms with Crippen LogP contribution in [-0.4, -0.2) is 22.9 Å². The lowest BCUT2D eigenvalue weighted by molar-refractivity contribution is 0.162. The summed E-state index contributed by atoms with van der Waals surface area (Å²) in [5.74, 6) is 0. The van der Waals surface area contributed by atoms with Crippen LogP contribution in [0.3, 0.4) is 0 Å². The maximum atomic E-state index is 10.2. The third-order valence-electron chi connectivity index (χ3n) is 1.93. The summed E-state index contributed by atoms with van der Waals surface area (Å²) in [6.45, 7) is 0.239. The van der Waals surface area contributed by atoms with Gasteiger partial charge >= 0.3 is 6.09 Å². The Hall–Kier alpha value is -1.07. The predicted octanol–water partition coefficient (Wildman–Crippen LogP) is 2.14. The molecule has 15 heavy (non-hydrogen) atoms. The molecule has 0 spiro atoms. The van der Waals surface area contributed by atoms with E-state index < -0.39 is 12.2 Å². The fraction of sp³-hybridized carbons (Fsp3) is 0.300. The van der Waals surface area contributed by atoms with Gasteiger partial charge in [0, 0.05) is 11.0 Å². The highest BCUT2D eigenvalue weighted by Gasteiger charge is 2.07. The van der Waals surface area contributed by atoms with Crippen LogP contribution in [0.2, 0.25) is 0 Å². The van der Waals surface area contributed by atoms with Crippen LogP contribution in [-0.2, 0) is 0 Å². The lowest BCUT2D eigenvalue weighted by atomic mass is 10.1. The van der Waals surface area contributed by atoms with Crippen molar-refractivity contribution in [1.82, 2.24) is 5.32 Å². The molecule has 1 amide bonds. The van der Waals surface area contributed by atoms with Crippen molar-refractivity contribution in [3.8, 4) is 0 Å². The van der Waals surface area contributed by atoms with Crippen molar-refractivity contribution in [2.75, 3.05) is 6.54 Å². The molecule has 3 N–H and O–H groups in total. The van der Waals surface area contributed by atoms with E-state index in [2.05, 4.69) is 21.2 Å². The van der Waals surface area contributed by atoms with Crippen molar-refractivity contribution in [3.63, 3.8) is 0 Å². The van der Waals surface area contributed by atoms with Crippen molar-refractivity contribution >= 4 is 22.0 Å². The first-order chi connectivity index (χ1) is 7.09. The number of aliphatic hydroxyl groups is 1. The van der Waals surface area contributed by atoms with Crippen molar-refractivity contribution in [2.45, 2.75) is 12.5 Å². The molecule has 0 saturated carbocycles. The lowest BCUT2D eigenvalue weighted by Gasteiger charge is -2.10. The number of aliphatic hydroxyl groups excluding tert-OH is 1. The van der Waals surface area contributed by atoms with Crippen LogP contribution < -0.4 is 5.32 Å². The highest BCUT2D eigenvalue weighted by atomic mass is 79.9. The summed E-state index contributed by atoms with van der Waals surface area (Å²) in [6, 6.07) is 7.31. The van der Waals surface area contributed by atoms with Crippen molar-refractivity contribution in [3.05, 3.63) is 34.3 Å². The van der Waals surface area contributed by atoms with Gasteiger partial charge in [0.2, 0.25) is 0 Å². The van der Waals surface area contributed by atoms with Crippen LogP contribution in [0.1, 0.15) is 18.1 Å². The van der Waals surface area contributed by atoms with Crippen LogP contribution in [0, 0.1) is 0 Å². The highest BCUT2D eigenvalue weighted by molar-refractivity contribution is 9.10. The van der Waals surface area contributed by atoms with E-state index in [1.807, 2.05) is 18.2 Å². The summed E-state index contributed by atoms with van der Waals surface area (Å²) < 4.78 is 0.894. The molecule has 1 aromatic rings. The van der Waals surface area contributed by atoms with Gasteiger partial charge in [0.1, 0.15) is 0 Å². The number of nitrogens with one attached hydrogen (secondary N) is 1. The maximum Gasteiger partial charge on any atom is 0.404 e. The topological polar surface area (TPSA) is 69.6 Å². The second-order valence-electron chi connectivity index (χ2n) is 3.09. The molecular weight excluding hydrogens is 262 g/mol. The van der Waals surface area contributed by atoms with Gasteiger partial charge < -0.3 is 15.5 Å². The normalized spacial score (nSPS) is 12.1. The van der Waals surface area contributed by atoms with E-state index in [0.29, 0.717) is 6.42 Å². The van der Waals surface area contributed by atoms with Crippen LogP contribution >= 0.6 is 15.9 Å². The van der Waals surface area contributed by atoms with Crippen LogP contribution in [0.15, 0.2) is 28.7 Å². The van der Waals surface area contributed by atoms with E-state index in [1.54, 1.807) is 6.07 Å². The molecule has 1 rings (SSSR count). The molecule has 0 aromatic heterocycles. The Bertz CT molecular complexity index is 343. The molecule has 82 valence electrons. The molecule has 0 bridgehead atoms. The summed E-state index contributed by atoms with van der Waals surface area (Å²) in [4.78, 5) is 10.2. The number of rotatable bonds is 4. The second-order valence-corrected chi connectivity index (χ2v) is 4.01. The fourth-order valence-electron chi connectivity index (χ4n) is 1.20. The molecule has 4 nitrogen and oxygen atoms in total. The number of halogens is 1. The second kappa shape index (κ2) is 5.72. The molecule has 0 saturated heterocycles. The van der Waals surface area contributed by atoms with Gasteiger partial charge in [0.25, 0.3) is 0 Å². The van der Waals surface area contributed by atoms with E-state index in [4.69, 9.17) is 5.11 Å². The van der Waals surface area contributed by atoms with Gasteiger partial charge in [-0.15, -0.1) is 0 Å². The first-order valence-electron chi connectivity index (χ1n) is 4.50. The Morgan fingerprint density at radius 1 is 1.53 bits per heavy atom. The van der Waals surface area contributed by atoms with Gasteiger partial charge in [-0.2, -0.15) is 0 Å². The number of benzene rings is 1. The van der Waals surface area contributed by atoms with Crippen LogP contribution in [0.4, 0.5) is 4.79 Å². The Morgan fingerprint density at radius 3 is 2.87 bits per heavy atom. The Labute approximate surface area is 96.1 Å². The number of carboxylic acid groups (broad SMARTS) is 1. The number of carbonyl (C=O) groups is 1. The number of amides is 1. The fourth-order valence-corrected chi connectivity index (χ4v) is 1.61. The minimum atomic E-state index is -1.07. The Kier molecular flexibility index (Phi) is 4.58. The van der Waals surface area contributed by atoms with Crippen LogP contribution in [0.25, 0.3) is 0 Å². The zero-order valence-corrected chi connectivity index (χ0v) is 9.57. The smallest absolute Gasteiger partial charge is 0.404 e. The number of hydrogen-bond donors (Lipinski definition) is 3. The summed E-state index contributed by atoms with van der Waals surface area (Å²) >= 11 is 3.30. The Morgan fingerprint density at radius 2 is 2.27 bits per heavy atom. The Balaban J connectivity index is 2.46. The quantitative estimate of drug-likeness (QED) is 0.787. The average molecular weight is 274 g/mol. The zero-order valence-electron chi connectivity index (χ0n) is 7.98. The maximum absolute atomic E-state index is 10.2. The predicted molar refractivity (Wildman–Crippen MR) is 59.7 cm³/mol. The van der Waals surface area contributed by atoms with Gasteiger partial charge in [-0.25, -0.2) is 4.79 Å². The molecule has 5 heteroatoms. The van der Waals surface area contributed by atoms with Crippen molar-refractivity contribution < 1.29 is 15.0 Å². The first kappa shape index (κ1) is 12.0. The minimum Gasteiger partial charge on any atom is -0.465 e. The van der Waals surface area contributed by atoms with Gasteiger partial charge in [0.15, 0.2) is 0 Å². The molecule has 1 aromatic carbocycles. The minimum absolute atomic E-state index is 0.239. The molecule has 0 aliphatic heterocycles. The SMILES string of the molecule is O=C(O)NCCC(O)c1cccc(Br)c1. The molecule has 1 unspecified atom stereocenters. The lowest BCUT2D eigenvalue weighted by Crippen LogP contribution is -2.23. The van der Waals surface area contributed by atoms with E-state index in [9.17, 15) is 9.90 Å². The first-order valence-corrected chi connectivity index (χ1v) is 5.29. The molecule has 0 aliphatic carbocycles. The highest BCUT2D eigenvalue weighted by Crippen LogP contribution is 2.19.